The molecule has 2 rings (SSSR count). The fourth-order valence-electron chi connectivity index (χ4n) is 2.92. The molecule has 0 aliphatic carbocycles. The molecule has 16 heavy (non-hydrogen) atoms. The third-order valence-corrected chi connectivity index (χ3v) is 4.85. The molecule has 0 aromatic heterocycles. The zero-order chi connectivity index (χ0) is 11.4. The van der Waals surface area contributed by atoms with E-state index in [1.807, 2.05) is 0 Å². The van der Waals surface area contributed by atoms with Crippen molar-refractivity contribution < 1.29 is 0 Å². The van der Waals surface area contributed by atoms with Gasteiger partial charge in [0.1, 0.15) is 0 Å². The number of hydrogen-bond donors (Lipinski definition) is 1. The van der Waals surface area contributed by atoms with E-state index < -0.39 is 0 Å². The Morgan fingerprint density at radius 2 is 2.25 bits per heavy atom. The van der Waals surface area contributed by atoms with E-state index in [-0.39, 0.29) is 0 Å². The molecule has 3 heteroatoms. The average Bonchev–Trinajstić information content (AvgIpc) is 2.70. The molecule has 2 nitrogen and oxygen atoms in total. The van der Waals surface area contributed by atoms with Gasteiger partial charge in [0.2, 0.25) is 0 Å². The van der Waals surface area contributed by atoms with E-state index in [2.05, 4.69) is 35.8 Å². The number of nitrogens with one attached hydrogen (secondary N) is 1. The highest BCUT2D eigenvalue weighted by Crippen LogP contribution is 2.25. The molecule has 0 saturated carbocycles. The van der Waals surface area contributed by atoms with Crippen molar-refractivity contribution in [2.75, 3.05) is 31.1 Å². The van der Waals surface area contributed by atoms with Crippen LogP contribution in [0.5, 0.6) is 0 Å². The summed E-state index contributed by atoms with van der Waals surface area (Å²) in [5.74, 6) is 3.77. The molecule has 0 aromatic rings. The Morgan fingerprint density at radius 1 is 1.38 bits per heavy atom. The molecule has 0 aromatic carbocycles. The van der Waals surface area contributed by atoms with Gasteiger partial charge < -0.3 is 10.2 Å². The van der Waals surface area contributed by atoms with Crippen LogP contribution in [-0.4, -0.2) is 48.1 Å². The van der Waals surface area contributed by atoms with Gasteiger partial charge in [0.15, 0.2) is 0 Å². The van der Waals surface area contributed by atoms with Gasteiger partial charge in [0, 0.05) is 25.2 Å². The van der Waals surface area contributed by atoms with E-state index in [1.165, 1.54) is 50.4 Å². The molecule has 94 valence electrons. The highest BCUT2D eigenvalue weighted by atomic mass is 32.2. The Hall–Kier alpha value is 0.270. The molecular weight excluding hydrogens is 216 g/mol. The van der Waals surface area contributed by atoms with Gasteiger partial charge in [-0.3, -0.25) is 0 Å². The van der Waals surface area contributed by atoms with Crippen LogP contribution < -0.4 is 5.32 Å². The summed E-state index contributed by atoms with van der Waals surface area (Å²) in [5, 5.41) is 3.69. The predicted octanol–water partition coefficient (Wildman–Crippen LogP) is 2.20. The summed E-state index contributed by atoms with van der Waals surface area (Å²) in [5.41, 5.74) is 0. The molecule has 0 radical (unpaired) electrons. The van der Waals surface area contributed by atoms with Crippen molar-refractivity contribution in [3.63, 3.8) is 0 Å². The summed E-state index contributed by atoms with van der Waals surface area (Å²) >= 11 is 2.14. The fourth-order valence-corrected chi connectivity index (χ4v) is 4.19. The summed E-state index contributed by atoms with van der Waals surface area (Å²) < 4.78 is 0. The molecule has 2 heterocycles. The van der Waals surface area contributed by atoms with Gasteiger partial charge in [-0.2, -0.15) is 11.8 Å². The molecule has 1 N–H and O–H groups in total. The molecule has 2 aliphatic rings. The van der Waals surface area contributed by atoms with Crippen LogP contribution >= 0.6 is 11.8 Å². The fraction of sp³-hybridized carbons (Fsp3) is 1.00. The van der Waals surface area contributed by atoms with Crippen LogP contribution in [0.25, 0.3) is 0 Å². The van der Waals surface area contributed by atoms with Gasteiger partial charge >= 0.3 is 0 Å². The molecule has 2 fully saturated rings. The van der Waals surface area contributed by atoms with Crippen molar-refractivity contribution in [2.24, 2.45) is 5.92 Å². The first-order valence-electron chi connectivity index (χ1n) is 6.80. The topological polar surface area (TPSA) is 15.3 Å². The maximum atomic E-state index is 3.69. The summed E-state index contributed by atoms with van der Waals surface area (Å²) in [7, 11) is 0. The maximum Gasteiger partial charge on any atom is 0.0197 e. The van der Waals surface area contributed by atoms with E-state index in [9.17, 15) is 0 Å². The van der Waals surface area contributed by atoms with Gasteiger partial charge in [0.25, 0.3) is 0 Å². The van der Waals surface area contributed by atoms with E-state index in [0.29, 0.717) is 6.04 Å². The SMILES string of the molecule is CC(C)NC1CCCN(CC2CCSC2)C1. The van der Waals surface area contributed by atoms with Crippen molar-refractivity contribution in [1.29, 1.82) is 0 Å². The first kappa shape index (κ1) is 12.7. The number of hydrogen-bond acceptors (Lipinski definition) is 3. The number of rotatable bonds is 4. The predicted molar refractivity (Wildman–Crippen MR) is 73.2 cm³/mol. The molecule has 2 unspecified atom stereocenters. The minimum atomic E-state index is 0.631. The van der Waals surface area contributed by atoms with Crippen molar-refractivity contribution >= 4 is 11.8 Å². The molecular formula is C13H26N2S. The lowest BCUT2D eigenvalue weighted by molar-refractivity contribution is 0.166. The Kier molecular flexibility index (Phi) is 4.98. The standard InChI is InChI=1S/C13H26N2S/c1-11(2)14-13-4-3-6-15(9-13)8-12-5-7-16-10-12/h11-14H,3-10H2,1-2H3. The van der Waals surface area contributed by atoms with Crippen molar-refractivity contribution in [3.05, 3.63) is 0 Å². The monoisotopic (exact) mass is 242 g/mol. The number of likely N-dealkylation sites (tertiary alicyclic amines) is 1. The van der Waals surface area contributed by atoms with Gasteiger partial charge in [-0.15, -0.1) is 0 Å². The van der Waals surface area contributed by atoms with E-state index in [4.69, 9.17) is 0 Å². The molecule has 0 bridgehead atoms. The smallest absolute Gasteiger partial charge is 0.0197 e. The zero-order valence-electron chi connectivity index (χ0n) is 10.7. The third-order valence-electron chi connectivity index (χ3n) is 3.61. The van der Waals surface area contributed by atoms with Crippen LogP contribution in [0.4, 0.5) is 0 Å². The van der Waals surface area contributed by atoms with Crippen LogP contribution in [-0.2, 0) is 0 Å². The lowest BCUT2D eigenvalue weighted by atomic mass is 10.0. The molecule has 2 aliphatic heterocycles. The second kappa shape index (κ2) is 6.27. The van der Waals surface area contributed by atoms with Gasteiger partial charge in [-0.1, -0.05) is 13.8 Å². The first-order chi connectivity index (χ1) is 7.74. The molecule has 0 amide bonds. The highest BCUT2D eigenvalue weighted by molar-refractivity contribution is 7.99. The Morgan fingerprint density at radius 3 is 2.94 bits per heavy atom. The largest absolute Gasteiger partial charge is 0.311 e. The van der Waals surface area contributed by atoms with Crippen molar-refractivity contribution in [3.8, 4) is 0 Å². The van der Waals surface area contributed by atoms with Crippen LogP contribution in [0.2, 0.25) is 0 Å². The number of piperidine rings is 1. The van der Waals surface area contributed by atoms with E-state index >= 15 is 0 Å². The summed E-state index contributed by atoms with van der Waals surface area (Å²) in [6, 6.07) is 1.37. The maximum absolute atomic E-state index is 3.69. The summed E-state index contributed by atoms with van der Waals surface area (Å²) in [4.78, 5) is 2.69. The molecule has 2 atom stereocenters. The first-order valence-corrected chi connectivity index (χ1v) is 7.95. The normalized spacial score (nSPS) is 32.4. The van der Waals surface area contributed by atoms with Crippen LogP contribution in [0.15, 0.2) is 0 Å². The Bertz CT molecular complexity index is 202. The lowest BCUT2D eigenvalue weighted by Gasteiger charge is -2.35. The lowest BCUT2D eigenvalue weighted by Crippen LogP contribution is -2.48. The van der Waals surface area contributed by atoms with E-state index in [0.717, 1.165) is 12.0 Å². The van der Waals surface area contributed by atoms with Crippen molar-refractivity contribution in [1.82, 2.24) is 10.2 Å². The second-order valence-electron chi connectivity index (χ2n) is 5.65. The number of nitrogens with zero attached hydrogens (tertiary/aromatic N) is 1. The third kappa shape index (κ3) is 3.94. The van der Waals surface area contributed by atoms with Crippen LogP contribution in [0, 0.1) is 5.92 Å². The van der Waals surface area contributed by atoms with Crippen LogP contribution in [0.1, 0.15) is 33.1 Å². The number of thioether (sulfide) groups is 1. The average molecular weight is 242 g/mol. The summed E-state index contributed by atoms with van der Waals surface area (Å²) in [6.07, 6.45) is 4.20. The van der Waals surface area contributed by atoms with Crippen LogP contribution in [0.3, 0.4) is 0 Å². The zero-order valence-corrected chi connectivity index (χ0v) is 11.6. The van der Waals surface area contributed by atoms with Gasteiger partial charge in [-0.25, -0.2) is 0 Å². The minimum Gasteiger partial charge on any atom is -0.311 e. The highest BCUT2D eigenvalue weighted by Gasteiger charge is 2.24. The van der Waals surface area contributed by atoms with E-state index in [1.54, 1.807) is 0 Å². The van der Waals surface area contributed by atoms with Gasteiger partial charge in [0.05, 0.1) is 0 Å². The quantitative estimate of drug-likeness (QED) is 0.814. The second-order valence-corrected chi connectivity index (χ2v) is 6.80. The Labute approximate surface area is 105 Å². The summed E-state index contributed by atoms with van der Waals surface area (Å²) in [6.45, 7) is 8.47. The van der Waals surface area contributed by atoms with Crippen molar-refractivity contribution in [2.45, 2.75) is 45.2 Å². The Balaban J connectivity index is 1.72. The molecule has 0 spiro atoms. The minimum absolute atomic E-state index is 0.631. The van der Waals surface area contributed by atoms with Gasteiger partial charge in [-0.05, 0) is 43.2 Å². The molecule has 2 saturated heterocycles.